The lowest BCUT2D eigenvalue weighted by atomic mass is 10.0. The molecule has 5 nitrogen and oxygen atoms in total. The first-order chi connectivity index (χ1) is 14.5. The Hall–Kier alpha value is -3.39. The maximum Gasteiger partial charge on any atom is 0.282 e. The summed E-state index contributed by atoms with van der Waals surface area (Å²) in [7, 11) is 0. The lowest BCUT2D eigenvalue weighted by Crippen LogP contribution is -2.13. The fraction of sp³-hybridized carbons (Fsp3) is 0.136. The Morgan fingerprint density at radius 1 is 1.27 bits per heavy atom. The zero-order valence-electron chi connectivity index (χ0n) is 16.1. The van der Waals surface area contributed by atoms with Crippen molar-refractivity contribution in [2.24, 2.45) is 5.16 Å². The van der Waals surface area contributed by atoms with Crippen LogP contribution in [0.4, 0.5) is 14.5 Å². The van der Waals surface area contributed by atoms with Crippen molar-refractivity contribution in [3.8, 4) is 11.1 Å². The second-order valence-corrected chi connectivity index (χ2v) is 7.39. The van der Waals surface area contributed by atoms with Gasteiger partial charge in [0.15, 0.2) is 0 Å². The maximum atomic E-state index is 13.2. The van der Waals surface area contributed by atoms with Crippen LogP contribution in [0.2, 0.25) is 0 Å². The van der Waals surface area contributed by atoms with Crippen LogP contribution in [0.15, 0.2) is 66.3 Å². The van der Waals surface area contributed by atoms with Crippen LogP contribution in [-0.4, -0.2) is 23.7 Å². The van der Waals surface area contributed by atoms with Crippen LogP contribution in [0.25, 0.3) is 11.1 Å². The largest absolute Gasteiger partial charge is 0.392 e. The van der Waals surface area contributed by atoms with Gasteiger partial charge in [0.1, 0.15) is 17.2 Å². The maximum absolute atomic E-state index is 13.2. The van der Waals surface area contributed by atoms with Gasteiger partial charge in [-0.25, -0.2) is 13.8 Å². The standard InChI is InChI=1S/C22H19F2N3O2S/c1-3-12-29-25-13-15-8-10-16(11-9-15)17-6-4-5-7-18(17)27-22(28)20-19(21(23)24)26-14(2)30-20/h3-11,13,21H,1,12H2,2H3,(H,27,28)/b25-13+. The number of benzene rings is 2. The molecule has 0 aliphatic heterocycles. The first kappa shape index (κ1) is 21.3. The third-order valence-electron chi connectivity index (χ3n) is 4.04. The average molecular weight is 427 g/mol. The van der Waals surface area contributed by atoms with Gasteiger partial charge in [-0.15, -0.1) is 11.3 Å². The SMILES string of the molecule is C=CCO/N=C/c1ccc(-c2ccccc2NC(=O)c2sc(C)nc2C(F)F)cc1. The van der Waals surface area contributed by atoms with Gasteiger partial charge in [-0.2, -0.15) is 0 Å². The number of anilines is 1. The number of nitrogens with zero attached hydrogens (tertiary/aromatic N) is 2. The molecule has 30 heavy (non-hydrogen) atoms. The molecule has 0 fully saturated rings. The molecule has 1 heterocycles. The molecule has 154 valence electrons. The molecular weight excluding hydrogens is 408 g/mol. The summed E-state index contributed by atoms with van der Waals surface area (Å²) in [6.45, 7) is 5.46. The number of hydrogen-bond donors (Lipinski definition) is 1. The molecule has 1 aromatic heterocycles. The molecule has 3 aromatic rings. The zero-order valence-corrected chi connectivity index (χ0v) is 17.0. The van der Waals surface area contributed by atoms with Crippen molar-refractivity contribution in [2.45, 2.75) is 13.3 Å². The van der Waals surface area contributed by atoms with Crippen molar-refractivity contribution in [3.05, 3.63) is 82.3 Å². The molecule has 0 aliphatic rings. The van der Waals surface area contributed by atoms with Crippen molar-refractivity contribution >= 4 is 29.1 Å². The number of carbonyl (C=O) groups is 1. The third-order valence-corrected chi connectivity index (χ3v) is 5.02. The Labute approximate surface area is 176 Å². The predicted molar refractivity (Wildman–Crippen MR) is 115 cm³/mol. The monoisotopic (exact) mass is 427 g/mol. The van der Waals surface area contributed by atoms with E-state index in [1.807, 2.05) is 36.4 Å². The van der Waals surface area contributed by atoms with Crippen molar-refractivity contribution in [1.82, 2.24) is 4.98 Å². The number of carbonyl (C=O) groups excluding carboxylic acids is 1. The molecular formula is C22H19F2N3O2S. The summed E-state index contributed by atoms with van der Waals surface area (Å²) in [6.07, 6.45) is 0.373. The second kappa shape index (κ2) is 9.89. The van der Waals surface area contributed by atoms with Crippen molar-refractivity contribution < 1.29 is 18.4 Å². The zero-order chi connectivity index (χ0) is 21.5. The lowest BCUT2D eigenvalue weighted by molar-refractivity contribution is 0.101. The summed E-state index contributed by atoms with van der Waals surface area (Å²) in [5, 5.41) is 6.98. The smallest absolute Gasteiger partial charge is 0.282 e. The van der Waals surface area contributed by atoms with Crippen LogP contribution in [-0.2, 0) is 4.84 Å². The number of thiazole rings is 1. The van der Waals surface area contributed by atoms with Gasteiger partial charge in [0.25, 0.3) is 12.3 Å². The Kier molecular flexibility index (Phi) is 7.03. The van der Waals surface area contributed by atoms with E-state index in [1.165, 1.54) is 0 Å². The van der Waals surface area contributed by atoms with E-state index in [-0.39, 0.29) is 4.88 Å². The van der Waals surface area contributed by atoms with Gasteiger partial charge in [-0.05, 0) is 24.1 Å². The number of aromatic nitrogens is 1. The number of oxime groups is 1. The van der Waals surface area contributed by atoms with Gasteiger partial charge >= 0.3 is 0 Å². The van der Waals surface area contributed by atoms with E-state index in [2.05, 4.69) is 22.0 Å². The molecule has 1 N–H and O–H groups in total. The molecule has 0 bridgehead atoms. The topological polar surface area (TPSA) is 63.6 Å². The average Bonchev–Trinajstić information content (AvgIpc) is 3.14. The first-order valence-corrected chi connectivity index (χ1v) is 9.83. The highest BCUT2D eigenvalue weighted by atomic mass is 32.1. The van der Waals surface area contributed by atoms with Crippen molar-refractivity contribution in [1.29, 1.82) is 0 Å². The Morgan fingerprint density at radius 2 is 2.00 bits per heavy atom. The molecule has 2 aromatic carbocycles. The number of hydrogen-bond acceptors (Lipinski definition) is 5. The number of para-hydroxylation sites is 1. The third kappa shape index (κ3) is 5.15. The highest BCUT2D eigenvalue weighted by Crippen LogP contribution is 2.31. The molecule has 0 unspecified atom stereocenters. The first-order valence-electron chi connectivity index (χ1n) is 9.02. The minimum atomic E-state index is -2.81. The minimum absolute atomic E-state index is 0.0802. The number of aryl methyl sites for hydroxylation is 1. The number of rotatable bonds is 8. The number of halogens is 2. The van der Waals surface area contributed by atoms with E-state index < -0.39 is 18.0 Å². The van der Waals surface area contributed by atoms with Gasteiger partial charge in [0.05, 0.1) is 11.2 Å². The Bertz CT molecular complexity index is 1060. The summed E-state index contributed by atoms with van der Waals surface area (Å²) in [6, 6.07) is 14.6. The summed E-state index contributed by atoms with van der Waals surface area (Å²) < 4.78 is 26.4. The molecule has 0 saturated carbocycles. The molecule has 0 radical (unpaired) electrons. The van der Waals surface area contributed by atoms with E-state index in [0.717, 1.165) is 28.0 Å². The van der Waals surface area contributed by atoms with Crippen LogP contribution < -0.4 is 5.32 Å². The highest BCUT2D eigenvalue weighted by Gasteiger charge is 2.24. The fourth-order valence-electron chi connectivity index (χ4n) is 2.72. The number of amides is 1. The van der Waals surface area contributed by atoms with Crippen LogP contribution in [0, 0.1) is 6.92 Å². The van der Waals surface area contributed by atoms with Crippen LogP contribution in [0.5, 0.6) is 0 Å². The second-order valence-electron chi connectivity index (χ2n) is 6.19. The van der Waals surface area contributed by atoms with Gasteiger partial charge in [0, 0.05) is 11.3 Å². The summed E-state index contributed by atoms with van der Waals surface area (Å²) in [5.41, 5.74) is 2.48. The van der Waals surface area contributed by atoms with Crippen molar-refractivity contribution in [2.75, 3.05) is 11.9 Å². The normalized spacial score (nSPS) is 11.1. The van der Waals surface area contributed by atoms with Gasteiger partial charge in [0.2, 0.25) is 0 Å². The molecule has 0 spiro atoms. The Morgan fingerprint density at radius 3 is 2.70 bits per heavy atom. The Balaban J connectivity index is 1.82. The van der Waals surface area contributed by atoms with Gasteiger partial charge in [-0.3, -0.25) is 4.79 Å². The minimum Gasteiger partial charge on any atom is -0.392 e. The fourth-order valence-corrected chi connectivity index (χ4v) is 3.54. The quantitative estimate of drug-likeness (QED) is 0.212. The van der Waals surface area contributed by atoms with Gasteiger partial charge in [-0.1, -0.05) is 60.3 Å². The predicted octanol–water partition coefficient (Wildman–Crippen LogP) is 5.84. The molecule has 0 saturated heterocycles. The number of nitrogens with one attached hydrogen (secondary N) is 1. The van der Waals surface area contributed by atoms with E-state index in [4.69, 9.17) is 4.84 Å². The molecule has 1 amide bonds. The lowest BCUT2D eigenvalue weighted by Gasteiger charge is -2.11. The summed E-state index contributed by atoms with van der Waals surface area (Å²) in [4.78, 5) is 21.3. The van der Waals surface area contributed by atoms with E-state index in [0.29, 0.717) is 17.3 Å². The molecule has 0 atom stereocenters. The summed E-state index contributed by atoms with van der Waals surface area (Å²) >= 11 is 0.949. The molecule has 8 heteroatoms. The van der Waals surface area contributed by atoms with Crippen LogP contribution >= 0.6 is 11.3 Å². The van der Waals surface area contributed by atoms with Gasteiger partial charge < -0.3 is 10.2 Å². The summed E-state index contributed by atoms with van der Waals surface area (Å²) in [5.74, 6) is -0.605. The van der Waals surface area contributed by atoms with E-state index >= 15 is 0 Å². The number of alkyl halides is 2. The van der Waals surface area contributed by atoms with Crippen LogP contribution in [0.3, 0.4) is 0 Å². The van der Waals surface area contributed by atoms with Crippen molar-refractivity contribution in [3.63, 3.8) is 0 Å². The highest BCUT2D eigenvalue weighted by molar-refractivity contribution is 7.13. The molecule has 0 aliphatic carbocycles. The molecule has 3 rings (SSSR count). The van der Waals surface area contributed by atoms with Crippen LogP contribution in [0.1, 0.15) is 32.4 Å². The van der Waals surface area contributed by atoms with E-state index in [9.17, 15) is 13.6 Å². The van der Waals surface area contributed by atoms with E-state index in [1.54, 1.807) is 31.3 Å².